The molecule has 0 radical (unpaired) electrons. The summed E-state index contributed by atoms with van der Waals surface area (Å²) >= 11 is 5.53. The van der Waals surface area contributed by atoms with E-state index in [-0.39, 0.29) is 11.6 Å². The van der Waals surface area contributed by atoms with Gasteiger partial charge in [-0.1, -0.05) is 11.6 Å². The van der Waals surface area contributed by atoms with Crippen LogP contribution in [0.4, 0.5) is 4.39 Å². The van der Waals surface area contributed by atoms with Crippen LogP contribution in [0, 0.1) is 5.82 Å². The second kappa shape index (κ2) is 3.91. The highest BCUT2D eigenvalue weighted by molar-refractivity contribution is 6.32. The van der Waals surface area contributed by atoms with Crippen molar-refractivity contribution < 1.29 is 9.50 Å². The zero-order chi connectivity index (χ0) is 10.0. The molecule has 0 aliphatic rings. The van der Waals surface area contributed by atoms with Crippen molar-refractivity contribution >= 4 is 11.6 Å². The number of nitrogens with two attached hydrogens (primary N) is 2. The monoisotopic (exact) mass is 204 g/mol. The molecule has 0 fully saturated rings. The van der Waals surface area contributed by atoms with Crippen molar-refractivity contribution in [1.29, 1.82) is 0 Å². The van der Waals surface area contributed by atoms with E-state index in [1.54, 1.807) is 0 Å². The number of benzene rings is 1. The van der Waals surface area contributed by atoms with Gasteiger partial charge in [-0.2, -0.15) is 0 Å². The zero-order valence-corrected chi connectivity index (χ0v) is 7.55. The molecule has 0 heterocycles. The first-order chi connectivity index (χ1) is 6.06. The molecule has 0 spiro atoms. The first-order valence-electron chi connectivity index (χ1n) is 3.69. The lowest BCUT2D eigenvalue weighted by Gasteiger charge is -2.10. The van der Waals surface area contributed by atoms with Gasteiger partial charge >= 0.3 is 0 Å². The van der Waals surface area contributed by atoms with Crippen LogP contribution in [0.1, 0.15) is 11.6 Å². The van der Waals surface area contributed by atoms with Gasteiger partial charge in [0.1, 0.15) is 0 Å². The Hall–Kier alpha value is -0.840. The number of halogens is 2. The molecule has 0 unspecified atom stereocenters. The Morgan fingerprint density at radius 1 is 1.54 bits per heavy atom. The predicted molar refractivity (Wildman–Crippen MR) is 49.1 cm³/mol. The number of rotatable bonds is 2. The average Bonchev–Trinajstić information content (AvgIpc) is 2.12. The smallest absolute Gasteiger partial charge is 0.170 e. The predicted octanol–water partition coefficient (Wildman–Crippen LogP) is 1.14. The second-order valence-corrected chi connectivity index (χ2v) is 3.08. The van der Waals surface area contributed by atoms with Crippen LogP contribution in [0.2, 0.25) is 5.02 Å². The highest BCUT2D eigenvalue weighted by Gasteiger charge is 2.11. The fraction of sp³-hybridized carbons (Fsp3) is 0.250. The number of phenols is 1. The third kappa shape index (κ3) is 2.09. The van der Waals surface area contributed by atoms with E-state index in [0.717, 1.165) is 6.07 Å². The van der Waals surface area contributed by atoms with Crippen molar-refractivity contribution in [2.45, 2.75) is 6.04 Å². The molecular weight excluding hydrogens is 195 g/mol. The molecule has 0 saturated heterocycles. The maximum atomic E-state index is 12.9. The summed E-state index contributed by atoms with van der Waals surface area (Å²) in [6.07, 6.45) is 0. The molecule has 0 aliphatic carbocycles. The van der Waals surface area contributed by atoms with Gasteiger partial charge in [-0.25, -0.2) is 4.39 Å². The Kier molecular flexibility index (Phi) is 3.08. The number of phenolic OH excluding ortho intramolecular Hbond substituents is 1. The molecule has 0 bridgehead atoms. The summed E-state index contributed by atoms with van der Waals surface area (Å²) in [4.78, 5) is 0. The molecule has 5 N–H and O–H groups in total. The van der Waals surface area contributed by atoms with E-state index in [2.05, 4.69) is 0 Å². The summed E-state index contributed by atoms with van der Waals surface area (Å²) in [7, 11) is 0. The van der Waals surface area contributed by atoms with Crippen LogP contribution < -0.4 is 11.5 Å². The van der Waals surface area contributed by atoms with Gasteiger partial charge in [-0.3, -0.25) is 0 Å². The van der Waals surface area contributed by atoms with E-state index in [1.807, 2.05) is 0 Å². The van der Waals surface area contributed by atoms with Crippen LogP contribution in [0.25, 0.3) is 0 Å². The van der Waals surface area contributed by atoms with Crippen LogP contribution in [-0.2, 0) is 0 Å². The zero-order valence-electron chi connectivity index (χ0n) is 6.80. The van der Waals surface area contributed by atoms with Crippen molar-refractivity contribution in [3.63, 3.8) is 0 Å². The molecule has 72 valence electrons. The lowest BCUT2D eigenvalue weighted by atomic mass is 10.1. The SMILES string of the molecule is NC[C@H](N)c1cc(F)c(O)c(Cl)c1. The molecule has 0 aromatic heterocycles. The molecule has 13 heavy (non-hydrogen) atoms. The molecule has 1 aromatic rings. The van der Waals surface area contributed by atoms with Gasteiger partial charge in [0.15, 0.2) is 11.6 Å². The van der Waals surface area contributed by atoms with Crippen LogP contribution >= 0.6 is 11.6 Å². The molecular formula is C8H10ClFN2O. The van der Waals surface area contributed by atoms with Crippen molar-refractivity contribution in [2.24, 2.45) is 11.5 Å². The van der Waals surface area contributed by atoms with E-state index >= 15 is 0 Å². The first-order valence-corrected chi connectivity index (χ1v) is 4.07. The average molecular weight is 205 g/mol. The van der Waals surface area contributed by atoms with E-state index in [0.29, 0.717) is 5.56 Å². The molecule has 5 heteroatoms. The highest BCUT2D eigenvalue weighted by atomic mass is 35.5. The number of hydrogen-bond acceptors (Lipinski definition) is 3. The van der Waals surface area contributed by atoms with Gasteiger partial charge in [-0.15, -0.1) is 0 Å². The Morgan fingerprint density at radius 2 is 2.15 bits per heavy atom. The summed E-state index contributed by atoms with van der Waals surface area (Å²) < 4.78 is 12.9. The van der Waals surface area contributed by atoms with Crippen molar-refractivity contribution in [3.05, 3.63) is 28.5 Å². The lowest BCUT2D eigenvalue weighted by Crippen LogP contribution is -2.20. The van der Waals surface area contributed by atoms with Gasteiger partial charge in [0.25, 0.3) is 0 Å². The topological polar surface area (TPSA) is 72.3 Å². The van der Waals surface area contributed by atoms with Crippen LogP contribution in [-0.4, -0.2) is 11.7 Å². The number of hydrogen-bond donors (Lipinski definition) is 3. The van der Waals surface area contributed by atoms with Crippen molar-refractivity contribution in [2.75, 3.05) is 6.54 Å². The minimum atomic E-state index is -0.786. The highest BCUT2D eigenvalue weighted by Crippen LogP contribution is 2.29. The fourth-order valence-electron chi connectivity index (χ4n) is 0.935. The molecule has 0 aliphatic heterocycles. The van der Waals surface area contributed by atoms with Gasteiger partial charge in [0.05, 0.1) is 5.02 Å². The summed E-state index contributed by atoms with van der Waals surface area (Å²) in [6.45, 7) is 0.195. The Morgan fingerprint density at radius 3 is 2.62 bits per heavy atom. The third-order valence-corrected chi connectivity index (χ3v) is 2.01. The standard InChI is InChI=1S/C8H10ClFN2O/c9-5-1-4(7(12)3-11)2-6(10)8(5)13/h1-2,7,13H,3,11-12H2/t7-/m0/s1. The molecule has 0 saturated carbocycles. The molecule has 1 rings (SSSR count). The minimum Gasteiger partial charge on any atom is -0.504 e. The summed E-state index contributed by atoms with van der Waals surface area (Å²) in [5.41, 5.74) is 11.3. The van der Waals surface area contributed by atoms with Crippen LogP contribution in [0.5, 0.6) is 5.75 Å². The maximum Gasteiger partial charge on any atom is 0.170 e. The van der Waals surface area contributed by atoms with Gasteiger partial charge in [0, 0.05) is 12.6 Å². The summed E-state index contributed by atoms with van der Waals surface area (Å²) in [5, 5.41) is 8.95. The minimum absolute atomic E-state index is 0.0566. The van der Waals surface area contributed by atoms with E-state index in [4.69, 9.17) is 28.2 Å². The molecule has 0 amide bonds. The van der Waals surface area contributed by atoms with Crippen molar-refractivity contribution in [3.8, 4) is 5.75 Å². The van der Waals surface area contributed by atoms with E-state index in [9.17, 15) is 4.39 Å². The largest absolute Gasteiger partial charge is 0.504 e. The van der Waals surface area contributed by atoms with Crippen LogP contribution in [0.15, 0.2) is 12.1 Å². The van der Waals surface area contributed by atoms with E-state index < -0.39 is 17.6 Å². The quantitative estimate of drug-likeness (QED) is 0.677. The third-order valence-electron chi connectivity index (χ3n) is 1.72. The van der Waals surface area contributed by atoms with Gasteiger partial charge in [0.2, 0.25) is 0 Å². The van der Waals surface area contributed by atoms with Gasteiger partial charge in [-0.05, 0) is 17.7 Å². The number of aromatic hydroxyl groups is 1. The second-order valence-electron chi connectivity index (χ2n) is 2.68. The molecule has 3 nitrogen and oxygen atoms in total. The normalized spacial score (nSPS) is 12.9. The van der Waals surface area contributed by atoms with E-state index in [1.165, 1.54) is 6.07 Å². The van der Waals surface area contributed by atoms with Crippen molar-refractivity contribution in [1.82, 2.24) is 0 Å². The van der Waals surface area contributed by atoms with Gasteiger partial charge < -0.3 is 16.6 Å². The van der Waals surface area contributed by atoms with Crippen LogP contribution in [0.3, 0.4) is 0 Å². The first kappa shape index (κ1) is 10.2. The summed E-state index contributed by atoms with van der Waals surface area (Å²) in [6, 6.07) is 2.06. The fourth-order valence-corrected chi connectivity index (χ4v) is 1.15. The Bertz CT molecular complexity index is 296. The maximum absolute atomic E-state index is 12.9. The molecule has 1 atom stereocenters. The lowest BCUT2D eigenvalue weighted by molar-refractivity contribution is 0.431. The Labute approximate surface area is 80.1 Å². The Balaban J connectivity index is 3.13. The molecule has 1 aromatic carbocycles. The summed E-state index contributed by atoms with van der Waals surface area (Å²) in [5.74, 6) is -1.35.